The van der Waals surface area contributed by atoms with Gasteiger partial charge in [-0.15, -0.1) is 0 Å². The van der Waals surface area contributed by atoms with E-state index in [1.54, 1.807) is 0 Å². The average Bonchev–Trinajstić information content (AvgIpc) is 2.14. The van der Waals surface area contributed by atoms with Crippen LogP contribution in [0.1, 0.15) is 18.1 Å². The van der Waals surface area contributed by atoms with Gasteiger partial charge in [0.15, 0.2) is 0 Å². The molecule has 0 amide bonds. The fourth-order valence-corrected chi connectivity index (χ4v) is 1.44. The molecule has 72 valence electrons. The molecule has 0 aliphatic rings. The standard InChI is InChI=1S/C10H17N3/c1-3-7-4-5-9(11)10(12)8(7)6-13-2/h4-5,13H,3,6,11-12H2,1-2H3. The fraction of sp³-hybridized carbons (Fsp3) is 0.400. The summed E-state index contributed by atoms with van der Waals surface area (Å²) in [5.41, 5.74) is 15.4. The first-order valence-corrected chi connectivity index (χ1v) is 4.51. The normalized spacial score (nSPS) is 10.3. The van der Waals surface area contributed by atoms with Gasteiger partial charge in [-0.2, -0.15) is 0 Å². The van der Waals surface area contributed by atoms with Crippen molar-refractivity contribution in [1.29, 1.82) is 0 Å². The Kier molecular flexibility index (Phi) is 3.14. The molecular formula is C10H17N3. The Labute approximate surface area is 79.1 Å². The van der Waals surface area contributed by atoms with E-state index in [0.29, 0.717) is 11.4 Å². The van der Waals surface area contributed by atoms with Gasteiger partial charge < -0.3 is 16.8 Å². The van der Waals surface area contributed by atoms with E-state index in [4.69, 9.17) is 11.5 Å². The predicted octanol–water partition coefficient (Wildman–Crippen LogP) is 1.13. The molecule has 0 fully saturated rings. The summed E-state index contributed by atoms with van der Waals surface area (Å²) in [5, 5.41) is 3.09. The molecule has 13 heavy (non-hydrogen) atoms. The summed E-state index contributed by atoms with van der Waals surface area (Å²) in [5.74, 6) is 0. The number of hydrogen-bond donors (Lipinski definition) is 3. The third kappa shape index (κ3) is 1.92. The largest absolute Gasteiger partial charge is 0.397 e. The second-order valence-corrected chi connectivity index (χ2v) is 3.09. The van der Waals surface area contributed by atoms with Gasteiger partial charge >= 0.3 is 0 Å². The number of hydrogen-bond acceptors (Lipinski definition) is 3. The van der Waals surface area contributed by atoms with Crippen LogP contribution >= 0.6 is 0 Å². The van der Waals surface area contributed by atoms with Crippen LogP contribution in [-0.4, -0.2) is 7.05 Å². The minimum Gasteiger partial charge on any atom is -0.397 e. The highest BCUT2D eigenvalue weighted by Crippen LogP contribution is 2.23. The van der Waals surface area contributed by atoms with Gasteiger partial charge in [-0.1, -0.05) is 13.0 Å². The van der Waals surface area contributed by atoms with Crippen molar-refractivity contribution in [2.45, 2.75) is 19.9 Å². The number of aryl methyl sites for hydroxylation is 1. The van der Waals surface area contributed by atoms with Crippen LogP contribution in [-0.2, 0) is 13.0 Å². The number of anilines is 2. The molecule has 1 aromatic rings. The zero-order valence-corrected chi connectivity index (χ0v) is 8.22. The Morgan fingerprint density at radius 1 is 1.31 bits per heavy atom. The minimum atomic E-state index is 0.669. The first-order chi connectivity index (χ1) is 6.20. The number of nitrogens with one attached hydrogen (secondary N) is 1. The van der Waals surface area contributed by atoms with E-state index in [1.807, 2.05) is 19.2 Å². The lowest BCUT2D eigenvalue weighted by molar-refractivity contribution is 0.808. The molecule has 0 radical (unpaired) electrons. The van der Waals surface area contributed by atoms with E-state index in [0.717, 1.165) is 18.5 Å². The molecular weight excluding hydrogens is 162 g/mol. The van der Waals surface area contributed by atoms with Crippen molar-refractivity contribution in [2.24, 2.45) is 0 Å². The van der Waals surface area contributed by atoms with Crippen LogP contribution in [0.5, 0.6) is 0 Å². The maximum Gasteiger partial charge on any atom is 0.0596 e. The third-order valence-corrected chi connectivity index (χ3v) is 2.22. The van der Waals surface area contributed by atoms with Crippen LogP contribution in [0.3, 0.4) is 0 Å². The quantitative estimate of drug-likeness (QED) is 0.609. The molecule has 0 heterocycles. The van der Waals surface area contributed by atoms with Gasteiger partial charge in [-0.05, 0) is 30.7 Å². The van der Waals surface area contributed by atoms with Gasteiger partial charge in [0.25, 0.3) is 0 Å². The SMILES string of the molecule is CCc1ccc(N)c(N)c1CNC. The number of rotatable bonds is 3. The van der Waals surface area contributed by atoms with Crippen molar-refractivity contribution >= 4 is 11.4 Å². The lowest BCUT2D eigenvalue weighted by atomic mass is 10.0. The molecule has 5 N–H and O–H groups in total. The summed E-state index contributed by atoms with van der Waals surface area (Å²) in [7, 11) is 1.90. The van der Waals surface area contributed by atoms with Crippen molar-refractivity contribution in [2.75, 3.05) is 18.5 Å². The first kappa shape index (κ1) is 9.86. The minimum absolute atomic E-state index is 0.669. The van der Waals surface area contributed by atoms with Crippen molar-refractivity contribution in [3.05, 3.63) is 23.3 Å². The summed E-state index contributed by atoms with van der Waals surface area (Å²) < 4.78 is 0. The molecule has 3 heteroatoms. The van der Waals surface area contributed by atoms with Crippen LogP contribution in [0.2, 0.25) is 0 Å². The predicted molar refractivity (Wildman–Crippen MR) is 57.4 cm³/mol. The fourth-order valence-electron chi connectivity index (χ4n) is 1.44. The van der Waals surface area contributed by atoms with Crippen molar-refractivity contribution in [1.82, 2.24) is 5.32 Å². The highest BCUT2D eigenvalue weighted by atomic mass is 14.8. The van der Waals surface area contributed by atoms with Gasteiger partial charge in [-0.3, -0.25) is 0 Å². The Bertz CT molecular complexity index is 294. The number of benzene rings is 1. The van der Waals surface area contributed by atoms with Gasteiger partial charge in [0.05, 0.1) is 11.4 Å². The van der Waals surface area contributed by atoms with Crippen LogP contribution < -0.4 is 16.8 Å². The molecule has 0 atom stereocenters. The highest BCUT2D eigenvalue weighted by Gasteiger charge is 2.06. The van der Waals surface area contributed by atoms with Crippen LogP contribution in [0, 0.1) is 0 Å². The van der Waals surface area contributed by atoms with E-state index in [-0.39, 0.29) is 0 Å². The van der Waals surface area contributed by atoms with Gasteiger partial charge in [0.2, 0.25) is 0 Å². The number of nitrogens with two attached hydrogens (primary N) is 2. The second-order valence-electron chi connectivity index (χ2n) is 3.09. The van der Waals surface area contributed by atoms with E-state index < -0.39 is 0 Å². The second kappa shape index (κ2) is 4.14. The van der Waals surface area contributed by atoms with E-state index in [9.17, 15) is 0 Å². The summed E-state index contributed by atoms with van der Waals surface area (Å²) in [6.45, 7) is 2.89. The molecule has 3 nitrogen and oxygen atoms in total. The van der Waals surface area contributed by atoms with Gasteiger partial charge in [0, 0.05) is 6.54 Å². The third-order valence-electron chi connectivity index (χ3n) is 2.22. The van der Waals surface area contributed by atoms with E-state index in [1.165, 1.54) is 5.56 Å². The molecule has 1 rings (SSSR count). The van der Waals surface area contributed by atoms with Gasteiger partial charge in [0.1, 0.15) is 0 Å². The van der Waals surface area contributed by atoms with Crippen molar-refractivity contribution in [3.8, 4) is 0 Å². The molecule has 0 saturated heterocycles. The van der Waals surface area contributed by atoms with E-state index >= 15 is 0 Å². The smallest absolute Gasteiger partial charge is 0.0596 e. The Morgan fingerprint density at radius 3 is 2.54 bits per heavy atom. The lowest BCUT2D eigenvalue weighted by Gasteiger charge is -2.12. The molecule has 1 aromatic carbocycles. The molecule has 0 unspecified atom stereocenters. The zero-order chi connectivity index (χ0) is 9.84. The number of nitrogen functional groups attached to an aromatic ring is 2. The van der Waals surface area contributed by atoms with Crippen LogP contribution in [0.15, 0.2) is 12.1 Å². The van der Waals surface area contributed by atoms with Crippen molar-refractivity contribution in [3.63, 3.8) is 0 Å². The highest BCUT2D eigenvalue weighted by molar-refractivity contribution is 5.69. The maximum atomic E-state index is 5.88. The molecule has 0 saturated carbocycles. The Hall–Kier alpha value is -1.22. The summed E-state index contributed by atoms with van der Waals surface area (Å²) in [6, 6.07) is 3.91. The molecule has 0 spiro atoms. The Morgan fingerprint density at radius 2 is 2.00 bits per heavy atom. The lowest BCUT2D eigenvalue weighted by Crippen LogP contribution is -2.11. The van der Waals surface area contributed by atoms with Gasteiger partial charge in [-0.25, -0.2) is 0 Å². The zero-order valence-electron chi connectivity index (χ0n) is 8.22. The Balaban J connectivity index is 3.15. The van der Waals surface area contributed by atoms with E-state index in [2.05, 4.69) is 12.2 Å². The molecule has 0 bridgehead atoms. The molecule has 0 aliphatic carbocycles. The first-order valence-electron chi connectivity index (χ1n) is 4.51. The topological polar surface area (TPSA) is 64.1 Å². The van der Waals surface area contributed by atoms with Crippen LogP contribution in [0.25, 0.3) is 0 Å². The summed E-state index contributed by atoms with van der Waals surface area (Å²) in [4.78, 5) is 0. The summed E-state index contributed by atoms with van der Waals surface area (Å²) in [6.07, 6.45) is 0.988. The average molecular weight is 179 g/mol. The van der Waals surface area contributed by atoms with Crippen LogP contribution in [0.4, 0.5) is 11.4 Å². The molecule has 0 aliphatic heterocycles. The molecule has 0 aromatic heterocycles. The maximum absolute atomic E-state index is 5.88. The monoisotopic (exact) mass is 179 g/mol. The summed E-state index contributed by atoms with van der Waals surface area (Å²) >= 11 is 0. The van der Waals surface area contributed by atoms with Crippen molar-refractivity contribution < 1.29 is 0 Å².